The zero-order chi connectivity index (χ0) is 13.4. The standard InChI is InChI=1S/C12H14N4O3/c1-8-5-6-9-11(12(8)16(17)18)13-14-15(9)10-4-2-3-7-19-10/h5-6,10H,2-4,7H2,1H3. The van der Waals surface area contributed by atoms with Gasteiger partial charge in [0.15, 0.2) is 11.7 Å². The minimum absolute atomic E-state index is 0.0274. The van der Waals surface area contributed by atoms with E-state index in [-0.39, 0.29) is 11.9 Å². The quantitative estimate of drug-likeness (QED) is 0.612. The van der Waals surface area contributed by atoms with E-state index in [4.69, 9.17) is 4.74 Å². The van der Waals surface area contributed by atoms with Gasteiger partial charge in [-0.05, 0) is 32.3 Å². The normalized spacial score (nSPS) is 19.7. The number of hydrogen-bond acceptors (Lipinski definition) is 5. The predicted molar refractivity (Wildman–Crippen MR) is 67.8 cm³/mol. The molecule has 2 aromatic rings. The van der Waals surface area contributed by atoms with Crippen molar-refractivity contribution in [2.45, 2.75) is 32.4 Å². The first kappa shape index (κ1) is 12.0. The fourth-order valence-electron chi connectivity index (χ4n) is 2.45. The average Bonchev–Trinajstić information content (AvgIpc) is 2.82. The molecular formula is C12H14N4O3. The number of nitro benzene ring substituents is 1. The lowest BCUT2D eigenvalue weighted by Crippen LogP contribution is -2.19. The van der Waals surface area contributed by atoms with Gasteiger partial charge in [0, 0.05) is 12.2 Å². The van der Waals surface area contributed by atoms with E-state index < -0.39 is 4.92 Å². The van der Waals surface area contributed by atoms with Crippen LogP contribution in [0.1, 0.15) is 31.1 Å². The van der Waals surface area contributed by atoms with Gasteiger partial charge in [0.25, 0.3) is 0 Å². The van der Waals surface area contributed by atoms with Crippen LogP contribution in [0, 0.1) is 17.0 Å². The van der Waals surface area contributed by atoms with E-state index in [1.807, 2.05) is 6.07 Å². The van der Waals surface area contributed by atoms with Gasteiger partial charge in [0.1, 0.15) is 0 Å². The van der Waals surface area contributed by atoms with Crippen LogP contribution in [-0.2, 0) is 4.74 Å². The maximum atomic E-state index is 11.1. The van der Waals surface area contributed by atoms with Gasteiger partial charge in [0.05, 0.1) is 10.4 Å². The van der Waals surface area contributed by atoms with E-state index in [2.05, 4.69) is 10.3 Å². The maximum Gasteiger partial charge on any atom is 0.301 e. The zero-order valence-corrected chi connectivity index (χ0v) is 10.6. The molecule has 1 saturated heterocycles. The van der Waals surface area contributed by atoms with Crippen molar-refractivity contribution < 1.29 is 9.66 Å². The van der Waals surface area contributed by atoms with Gasteiger partial charge in [0.2, 0.25) is 0 Å². The molecule has 0 radical (unpaired) electrons. The Morgan fingerprint density at radius 2 is 2.32 bits per heavy atom. The minimum Gasteiger partial charge on any atom is -0.356 e. The highest BCUT2D eigenvalue weighted by molar-refractivity contribution is 5.85. The number of aromatic nitrogens is 3. The van der Waals surface area contributed by atoms with Gasteiger partial charge >= 0.3 is 5.69 Å². The third kappa shape index (κ3) is 1.95. The number of benzene rings is 1. The van der Waals surface area contributed by atoms with Crippen LogP contribution in [0.25, 0.3) is 11.0 Å². The molecule has 7 heteroatoms. The molecule has 0 spiro atoms. The minimum atomic E-state index is -0.404. The Bertz CT molecular complexity index is 631. The van der Waals surface area contributed by atoms with Crippen LogP contribution in [0.15, 0.2) is 12.1 Å². The lowest BCUT2D eigenvalue weighted by Gasteiger charge is -2.22. The summed E-state index contributed by atoms with van der Waals surface area (Å²) in [6.45, 7) is 2.40. The molecule has 1 atom stereocenters. The molecule has 2 heterocycles. The summed E-state index contributed by atoms with van der Waals surface area (Å²) in [6.07, 6.45) is 2.81. The van der Waals surface area contributed by atoms with Crippen LogP contribution in [0.2, 0.25) is 0 Å². The molecule has 3 rings (SSSR count). The Kier molecular flexibility index (Phi) is 2.90. The Morgan fingerprint density at radius 3 is 3.00 bits per heavy atom. The van der Waals surface area contributed by atoms with Crippen LogP contribution < -0.4 is 0 Å². The summed E-state index contributed by atoms with van der Waals surface area (Å²) in [6, 6.07) is 3.54. The third-order valence-corrected chi connectivity index (χ3v) is 3.43. The van der Waals surface area contributed by atoms with Crippen molar-refractivity contribution in [1.82, 2.24) is 15.0 Å². The Hall–Kier alpha value is -2.02. The fourth-order valence-corrected chi connectivity index (χ4v) is 2.45. The van der Waals surface area contributed by atoms with Crippen molar-refractivity contribution in [3.63, 3.8) is 0 Å². The number of rotatable bonds is 2. The van der Waals surface area contributed by atoms with Crippen LogP contribution in [-0.4, -0.2) is 26.5 Å². The van der Waals surface area contributed by atoms with Crippen LogP contribution in [0.4, 0.5) is 5.69 Å². The number of fused-ring (bicyclic) bond motifs is 1. The molecular weight excluding hydrogens is 248 g/mol. The highest BCUT2D eigenvalue weighted by Crippen LogP contribution is 2.30. The Labute approximate surface area is 109 Å². The summed E-state index contributed by atoms with van der Waals surface area (Å²) < 4.78 is 7.31. The molecule has 0 bridgehead atoms. The molecule has 1 aromatic heterocycles. The number of aryl methyl sites for hydroxylation is 1. The first-order valence-corrected chi connectivity index (χ1v) is 6.29. The molecule has 0 amide bonds. The van der Waals surface area contributed by atoms with E-state index in [1.165, 1.54) is 0 Å². The number of nitrogens with zero attached hydrogens (tertiary/aromatic N) is 4. The van der Waals surface area contributed by atoms with Crippen LogP contribution >= 0.6 is 0 Å². The highest BCUT2D eigenvalue weighted by atomic mass is 16.6. The fraction of sp³-hybridized carbons (Fsp3) is 0.500. The van der Waals surface area contributed by atoms with Crippen molar-refractivity contribution in [2.24, 2.45) is 0 Å². The van der Waals surface area contributed by atoms with Gasteiger partial charge in [-0.1, -0.05) is 11.3 Å². The Balaban J connectivity index is 2.13. The van der Waals surface area contributed by atoms with Crippen molar-refractivity contribution in [3.05, 3.63) is 27.8 Å². The summed E-state index contributed by atoms with van der Waals surface area (Å²) >= 11 is 0. The second-order valence-corrected chi connectivity index (χ2v) is 4.71. The van der Waals surface area contributed by atoms with Crippen LogP contribution in [0.3, 0.4) is 0 Å². The largest absolute Gasteiger partial charge is 0.356 e. The molecule has 1 aliphatic rings. The van der Waals surface area contributed by atoms with Gasteiger partial charge in [-0.25, -0.2) is 4.68 Å². The molecule has 0 N–H and O–H groups in total. The summed E-state index contributed by atoms with van der Waals surface area (Å²) in [5, 5.41) is 19.1. The van der Waals surface area contributed by atoms with Gasteiger partial charge in [-0.15, -0.1) is 5.10 Å². The first-order chi connectivity index (χ1) is 9.18. The second-order valence-electron chi connectivity index (χ2n) is 4.71. The van der Waals surface area contributed by atoms with E-state index in [9.17, 15) is 10.1 Å². The van der Waals surface area contributed by atoms with E-state index in [1.54, 1.807) is 17.7 Å². The average molecular weight is 262 g/mol. The molecule has 100 valence electrons. The lowest BCUT2D eigenvalue weighted by atomic mass is 10.1. The summed E-state index contributed by atoms with van der Waals surface area (Å²) in [5.74, 6) is 0. The monoisotopic (exact) mass is 262 g/mol. The summed E-state index contributed by atoms with van der Waals surface area (Å²) in [7, 11) is 0. The smallest absolute Gasteiger partial charge is 0.301 e. The zero-order valence-electron chi connectivity index (χ0n) is 10.6. The van der Waals surface area contributed by atoms with E-state index >= 15 is 0 Å². The molecule has 1 fully saturated rings. The molecule has 1 aromatic carbocycles. The van der Waals surface area contributed by atoms with Gasteiger partial charge in [-0.2, -0.15) is 0 Å². The molecule has 1 aliphatic heterocycles. The van der Waals surface area contributed by atoms with Gasteiger partial charge in [-0.3, -0.25) is 10.1 Å². The van der Waals surface area contributed by atoms with Crippen molar-refractivity contribution in [3.8, 4) is 0 Å². The number of nitro groups is 1. The van der Waals surface area contributed by atoms with E-state index in [0.29, 0.717) is 23.2 Å². The molecule has 0 aliphatic carbocycles. The van der Waals surface area contributed by atoms with Crippen molar-refractivity contribution >= 4 is 16.7 Å². The van der Waals surface area contributed by atoms with Gasteiger partial charge < -0.3 is 4.74 Å². The van der Waals surface area contributed by atoms with Crippen molar-refractivity contribution in [1.29, 1.82) is 0 Å². The SMILES string of the molecule is Cc1ccc2c(nnn2C2CCCCO2)c1[N+](=O)[O-]. The van der Waals surface area contributed by atoms with Crippen LogP contribution in [0.5, 0.6) is 0 Å². The molecule has 1 unspecified atom stereocenters. The topological polar surface area (TPSA) is 83.1 Å². The summed E-state index contributed by atoms with van der Waals surface area (Å²) in [4.78, 5) is 10.7. The summed E-state index contributed by atoms with van der Waals surface area (Å²) in [5.41, 5.74) is 1.61. The number of hydrogen-bond donors (Lipinski definition) is 0. The predicted octanol–water partition coefficient (Wildman–Crippen LogP) is 2.35. The lowest BCUT2D eigenvalue weighted by molar-refractivity contribution is -0.383. The first-order valence-electron chi connectivity index (χ1n) is 6.29. The molecule has 0 saturated carbocycles. The number of ether oxygens (including phenoxy) is 1. The third-order valence-electron chi connectivity index (χ3n) is 3.43. The van der Waals surface area contributed by atoms with Crippen molar-refractivity contribution in [2.75, 3.05) is 6.61 Å². The molecule has 7 nitrogen and oxygen atoms in total. The maximum absolute atomic E-state index is 11.1. The Morgan fingerprint density at radius 1 is 1.47 bits per heavy atom. The highest BCUT2D eigenvalue weighted by Gasteiger charge is 2.24. The van der Waals surface area contributed by atoms with E-state index in [0.717, 1.165) is 19.3 Å². The second kappa shape index (κ2) is 4.58. The molecule has 19 heavy (non-hydrogen) atoms.